The molecule has 4 nitrogen and oxygen atoms in total. The molecule has 100 valence electrons. The fraction of sp³-hybridized carbons (Fsp3) is 0.429. The Bertz CT molecular complexity index is 518. The van der Waals surface area contributed by atoms with Crippen molar-refractivity contribution in [2.24, 2.45) is 0 Å². The monoisotopic (exact) mass is 276 g/mol. The Kier molecular flexibility index (Phi) is 3.46. The molecule has 2 aliphatic heterocycles. The SMILES string of the molecule is O=C1SCCN1CCC(=O)N1CCc2ccccc21. The maximum atomic E-state index is 12.3. The summed E-state index contributed by atoms with van der Waals surface area (Å²) in [4.78, 5) is 27.3. The Balaban J connectivity index is 1.61. The topological polar surface area (TPSA) is 40.6 Å². The van der Waals surface area contributed by atoms with Crippen LogP contribution in [0.3, 0.4) is 0 Å². The second-order valence-electron chi connectivity index (χ2n) is 4.78. The highest BCUT2D eigenvalue weighted by Gasteiger charge is 2.26. The summed E-state index contributed by atoms with van der Waals surface area (Å²) in [6.45, 7) is 2.08. The molecular formula is C14H16N2O2S. The Hall–Kier alpha value is -1.49. The van der Waals surface area contributed by atoms with E-state index in [4.69, 9.17) is 0 Å². The summed E-state index contributed by atoms with van der Waals surface area (Å²) in [5, 5.41) is 0.106. The Morgan fingerprint density at radius 1 is 1.26 bits per heavy atom. The minimum absolute atomic E-state index is 0.106. The minimum atomic E-state index is 0.106. The normalized spacial score (nSPS) is 18.0. The molecule has 0 saturated carbocycles. The molecule has 0 aliphatic carbocycles. The number of thioether (sulfide) groups is 1. The average molecular weight is 276 g/mol. The van der Waals surface area contributed by atoms with Crippen LogP contribution in [0.4, 0.5) is 10.5 Å². The van der Waals surface area contributed by atoms with Crippen LogP contribution in [0.5, 0.6) is 0 Å². The zero-order valence-electron chi connectivity index (χ0n) is 10.7. The number of hydrogen-bond acceptors (Lipinski definition) is 3. The predicted molar refractivity (Wildman–Crippen MR) is 76.5 cm³/mol. The quantitative estimate of drug-likeness (QED) is 0.849. The van der Waals surface area contributed by atoms with E-state index < -0.39 is 0 Å². The van der Waals surface area contributed by atoms with Crippen LogP contribution in [0.25, 0.3) is 0 Å². The number of nitrogens with zero attached hydrogens (tertiary/aromatic N) is 2. The van der Waals surface area contributed by atoms with E-state index in [0.29, 0.717) is 13.0 Å². The second kappa shape index (κ2) is 5.25. The maximum Gasteiger partial charge on any atom is 0.281 e. The van der Waals surface area contributed by atoms with Crippen molar-refractivity contribution in [3.8, 4) is 0 Å². The van der Waals surface area contributed by atoms with Crippen LogP contribution in [-0.2, 0) is 11.2 Å². The van der Waals surface area contributed by atoms with Crippen LogP contribution in [0.1, 0.15) is 12.0 Å². The van der Waals surface area contributed by atoms with Gasteiger partial charge in [0.1, 0.15) is 0 Å². The summed E-state index contributed by atoms with van der Waals surface area (Å²) >= 11 is 1.34. The summed E-state index contributed by atoms with van der Waals surface area (Å²) < 4.78 is 0. The molecule has 0 spiro atoms. The molecule has 1 aromatic carbocycles. The highest BCUT2D eigenvalue weighted by Crippen LogP contribution is 2.28. The van der Waals surface area contributed by atoms with Gasteiger partial charge in [-0.15, -0.1) is 0 Å². The molecule has 0 atom stereocenters. The van der Waals surface area contributed by atoms with Crippen molar-refractivity contribution >= 4 is 28.6 Å². The van der Waals surface area contributed by atoms with Crippen molar-refractivity contribution in [3.63, 3.8) is 0 Å². The lowest BCUT2D eigenvalue weighted by Crippen LogP contribution is -2.33. The molecule has 3 rings (SSSR count). The zero-order valence-corrected chi connectivity index (χ0v) is 11.5. The minimum Gasteiger partial charge on any atom is -0.332 e. The first-order valence-corrected chi connectivity index (χ1v) is 7.54. The van der Waals surface area contributed by atoms with Gasteiger partial charge in [0.15, 0.2) is 0 Å². The molecule has 2 aliphatic rings. The van der Waals surface area contributed by atoms with Gasteiger partial charge in [-0.05, 0) is 18.1 Å². The van der Waals surface area contributed by atoms with Gasteiger partial charge in [0.25, 0.3) is 5.24 Å². The van der Waals surface area contributed by atoms with Gasteiger partial charge >= 0.3 is 0 Å². The fourth-order valence-electron chi connectivity index (χ4n) is 2.59. The lowest BCUT2D eigenvalue weighted by Gasteiger charge is -2.19. The highest BCUT2D eigenvalue weighted by molar-refractivity contribution is 8.13. The molecule has 0 aromatic heterocycles. The van der Waals surface area contributed by atoms with Gasteiger partial charge in [0, 0.05) is 37.5 Å². The predicted octanol–water partition coefficient (Wildman–Crippen LogP) is 2.13. The smallest absolute Gasteiger partial charge is 0.281 e. The third-order valence-corrected chi connectivity index (χ3v) is 4.52. The van der Waals surface area contributed by atoms with E-state index in [2.05, 4.69) is 6.07 Å². The molecular weight excluding hydrogens is 260 g/mol. The van der Waals surface area contributed by atoms with Gasteiger partial charge in [-0.3, -0.25) is 9.59 Å². The van der Waals surface area contributed by atoms with Crippen molar-refractivity contribution in [1.82, 2.24) is 4.90 Å². The van der Waals surface area contributed by atoms with Gasteiger partial charge in [0.2, 0.25) is 5.91 Å². The lowest BCUT2D eigenvalue weighted by molar-refractivity contribution is -0.118. The van der Waals surface area contributed by atoms with E-state index in [0.717, 1.165) is 31.0 Å². The zero-order chi connectivity index (χ0) is 13.2. The molecule has 1 saturated heterocycles. The molecule has 2 heterocycles. The Morgan fingerprint density at radius 2 is 2.11 bits per heavy atom. The maximum absolute atomic E-state index is 12.3. The molecule has 0 unspecified atom stereocenters. The number of benzene rings is 1. The van der Waals surface area contributed by atoms with Crippen LogP contribution >= 0.6 is 11.8 Å². The summed E-state index contributed by atoms with van der Waals surface area (Å²) in [6, 6.07) is 8.04. The summed E-state index contributed by atoms with van der Waals surface area (Å²) in [5.41, 5.74) is 2.28. The molecule has 1 aromatic rings. The number of hydrogen-bond donors (Lipinski definition) is 0. The van der Waals surface area contributed by atoms with Crippen molar-refractivity contribution in [2.45, 2.75) is 12.8 Å². The van der Waals surface area contributed by atoms with Gasteiger partial charge in [-0.1, -0.05) is 30.0 Å². The third kappa shape index (κ3) is 2.47. The number of rotatable bonds is 3. The van der Waals surface area contributed by atoms with E-state index in [1.54, 1.807) is 4.90 Å². The lowest BCUT2D eigenvalue weighted by atomic mass is 10.2. The van der Waals surface area contributed by atoms with Crippen LogP contribution in [0.2, 0.25) is 0 Å². The standard InChI is InChI=1S/C14H16N2O2S/c17-13(6-7-15-9-10-19-14(15)18)16-8-5-11-3-1-2-4-12(11)16/h1-4H,5-10H2. The first-order chi connectivity index (χ1) is 9.25. The number of para-hydroxylation sites is 1. The Labute approximate surface area is 116 Å². The number of carbonyl (C=O) groups excluding carboxylic acids is 2. The molecule has 0 N–H and O–H groups in total. The van der Waals surface area contributed by atoms with Crippen LogP contribution in [0.15, 0.2) is 24.3 Å². The van der Waals surface area contributed by atoms with Crippen molar-refractivity contribution in [3.05, 3.63) is 29.8 Å². The number of amides is 2. The molecule has 19 heavy (non-hydrogen) atoms. The van der Waals surface area contributed by atoms with E-state index in [9.17, 15) is 9.59 Å². The van der Waals surface area contributed by atoms with Crippen LogP contribution < -0.4 is 4.90 Å². The van der Waals surface area contributed by atoms with Crippen LogP contribution in [0, 0.1) is 0 Å². The number of fused-ring (bicyclic) bond motifs is 1. The molecule has 0 bridgehead atoms. The molecule has 2 amide bonds. The third-order valence-electron chi connectivity index (χ3n) is 3.63. The van der Waals surface area contributed by atoms with Gasteiger partial charge in [-0.2, -0.15) is 0 Å². The summed E-state index contributed by atoms with van der Waals surface area (Å²) in [6.07, 6.45) is 1.35. The van der Waals surface area contributed by atoms with E-state index in [-0.39, 0.29) is 11.1 Å². The van der Waals surface area contributed by atoms with E-state index in [1.165, 1.54) is 17.3 Å². The highest BCUT2D eigenvalue weighted by atomic mass is 32.2. The first-order valence-electron chi connectivity index (χ1n) is 6.56. The Morgan fingerprint density at radius 3 is 2.89 bits per heavy atom. The van der Waals surface area contributed by atoms with Crippen molar-refractivity contribution < 1.29 is 9.59 Å². The molecule has 5 heteroatoms. The number of carbonyl (C=O) groups is 2. The number of anilines is 1. The van der Waals surface area contributed by atoms with Gasteiger partial charge in [-0.25, -0.2) is 0 Å². The van der Waals surface area contributed by atoms with Crippen LogP contribution in [-0.4, -0.2) is 41.4 Å². The molecule has 0 radical (unpaired) electrons. The second-order valence-corrected chi connectivity index (χ2v) is 5.82. The van der Waals surface area contributed by atoms with Gasteiger partial charge in [0.05, 0.1) is 0 Å². The van der Waals surface area contributed by atoms with Gasteiger partial charge < -0.3 is 9.80 Å². The summed E-state index contributed by atoms with van der Waals surface area (Å²) in [7, 11) is 0. The summed E-state index contributed by atoms with van der Waals surface area (Å²) in [5.74, 6) is 0.967. The first kappa shape index (κ1) is 12.5. The average Bonchev–Trinajstić information content (AvgIpc) is 3.02. The van der Waals surface area contributed by atoms with Crippen molar-refractivity contribution in [2.75, 3.05) is 30.3 Å². The van der Waals surface area contributed by atoms with E-state index in [1.807, 2.05) is 23.1 Å². The molecule has 1 fully saturated rings. The van der Waals surface area contributed by atoms with Crippen molar-refractivity contribution in [1.29, 1.82) is 0 Å². The fourth-order valence-corrected chi connectivity index (χ4v) is 3.44. The van der Waals surface area contributed by atoms with E-state index >= 15 is 0 Å². The largest absolute Gasteiger partial charge is 0.332 e.